The summed E-state index contributed by atoms with van der Waals surface area (Å²) in [5.41, 5.74) is 0.383. The van der Waals surface area contributed by atoms with Crippen molar-refractivity contribution in [2.45, 2.75) is 13.3 Å². The molecule has 1 atom stereocenters. The van der Waals surface area contributed by atoms with Gasteiger partial charge in [-0.3, -0.25) is 4.79 Å². The van der Waals surface area contributed by atoms with Crippen molar-refractivity contribution in [3.63, 3.8) is 0 Å². The van der Waals surface area contributed by atoms with E-state index in [4.69, 9.17) is 5.11 Å². The first-order chi connectivity index (χ1) is 5.09. The maximum absolute atomic E-state index is 10.9. The Kier molecular flexibility index (Phi) is 2.19. The monoisotopic (exact) mass is 173 g/mol. The highest BCUT2D eigenvalue weighted by Crippen LogP contribution is 2.13. The molecule has 1 heterocycles. The van der Waals surface area contributed by atoms with Crippen molar-refractivity contribution in [3.05, 3.63) is 11.1 Å². The zero-order valence-corrected chi connectivity index (χ0v) is 6.72. The summed E-state index contributed by atoms with van der Waals surface area (Å²) in [5.74, 6) is -0.952. The molecule has 11 heavy (non-hydrogen) atoms. The molecule has 0 aromatic rings. The van der Waals surface area contributed by atoms with Crippen LogP contribution in [-0.4, -0.2) is 20.3 Å². The summed E-state index contributed by atoms with van der Waals surface area (Å²) in [7, 11) is -1.19. The molecule has 1 N–H and O–H groups in total. The number of rotatable bonds is 2. The number of carboxylic acids is 1. The average Bonchev–Trinajstić information content (AvgIpc) is 2.10. The fourth-order valence-electron chi connectivity index (χ4n) is 0.719. The third kappa shape index (κ3) is 1.98. The van der Waals surface area contributed by atoms with E-state index in [-0.39, 0.29) is 6.42 Å². The lowest BCUT2D eigenvalue weighted by Crippen LogP contribution is -1.94. The van der Waals surface area contributed by atoms with Crippen LogP contribution in [0.25, 0.3) is 0 Å². The molecule has 0 saturated carbocycles. The molecule has 0 saturated heterocycles. The van der Waals surface area contributed by atoms with E-state index in [1.807, 2.05) is 0 Å². The second-order valence-corrected chi connectivity index (χ2v) is 3.53. The minimum atomic E-state index is -1.19. The van der Waals surface area contributed by atoms with Crippen molar-refractivity contribution in [2.75, 3.05) is 0 Å². The maximum Gasteiger partial charge on any atom is 0.309 e. The van der Waals surface area contributed by atoms with Gasteiger partial charge in [-0.05, 0) is 6.92 Å². The maximum atomic E-state index is 10.9. The Bertz CT molecular complexity index is 280. The summed E-state index contributed by atoms with van der Waals surface area (Å²) in [6.45, 7) is 1.61. The van der Waals surface area contributed by atoms with E-state index in [1.165, 1.54) is 5.41 Å². The standard InChI is InChI=1S/C6H7NO3S/c1-4-7-5(2-6(8)9)3-11(4)10/h3H,2H2,1H3,(H,8,9). The van der Waals surface area contributed by atoms with E-state index in [0.29, 0.717) is 10.7 Å². The lowest BCUT2D eigenvalue weighted by Gasteiger charge is -1.88. The Morgan fingerprint density at radius 2 is 2.45 bits per heavy atom. The van der Waals surface area contributed by atoms with Gasteiger partial charge in [0.25, 0.3) is 0 Å². The number of hydrogen-bond donors (Lipinski definition) is 1. The molecular formula is C6H7NO3S. The Morgan fingerprint density at radius 3 is 2.82 bits per heavy atom. The van der Waals surface area contributed by atoms with Crippen LogP contribution in [0.15, 0.2) is 16.1 Å². The van der Waals surface area contributed by atoms with Crippen LogP contribution < -0.4 is 0 Å². The highest BCUT2D eigenvalue weighted by atomic mass is 32.2. The largest absolute Gasteiger partial charge is 0.481 e. The van der Waals surface area contributed by atoms with Crippen molar-refractivity contribution in [3.8, 4) is 0 Å². The fraction of sp³-hybridized carbons (Fsp3) is 0.333. The number of carboxylic acid groups (broad SMARTS) is 1. The van der Waals surface area contributed by atoms with Crippen LogP contribution >= 0.6 is 0 Å². The normalized spacial score (nSPS) is 22.8. The van der Waals surface area contributed by atoms with E-state index in [1.54, 1.807) is 6.92 Å². The van der Waals surface area contributed by atoms with Gasteiger partial charge in [0, 0.05) is 5.41 Å². The first-order valence-electron chi connectivity index (χ1n) is 2.98. The SMILES string of the molecule is CC1=NC(CC(=O)O)=CS1=O. The van der Waals surface area contributed by atoms with Crippen LogP contribution in [0.1, 0.15) is 13.3 Å². The number of aliphatic imine (C=N–C) groups is 1. The van der Waals surface area contributed by atoms with Gasteiger partial charge in [-0.1, -0.05) is 0 Å². The highest BCUT2D eigenvalue weighted by molar-refractivity contribution is 8.03. The number of aliphatic carboxylic acids is 1. The van der Waals surface area contributed by atoms with Crippen molar-refractivity contribution in [2.24, 2.45) is 4.99 Å². The Labute approximate surface area is 66.1 Å². The summed E-state index contributed by atoms with van der Waals surface area (Å²) < 4.78 is 10.9. The van der Waals surface area contributed by atoms with Gasteiger partial charge in [0.15, 0.2) is 0 Å². The molecule has 1 rings (SSSR count). The second kappa shape index (κ2) is 2.96. The van der Waals surface area contributed by atoms with Crippen LogP contribution in [0.3, 0.4) is 0 Å². The first kappa shape index (κ1) is 8.13. The van der Waals surface area contributed by atoms with E-state index in [9.17, 15) is 9.00 Å². The van der Waals surface area contributed by atoms with Crippen molar-refractivity contribution >= 4 is 21.8 Å². The van der Waals surface area contributed by atoms with Crippen LogP contribution in [0.4, 0.5) is 0 Å². The van der Waals surface area contributed by atoms with E-state index >= 15 is 0 Å². The molecular weight excluding hydrogens is 166 g/mol. The molecule has 0 radical (unpaired) electrons. The zero-order chi connectivity index (χ0) is 8.43. The van der Waals surface area contributed by atoms with Crippen LogP contribution in [0, 0.1) is 0 Å². The smallest absolute Gasteiger partial charge is 0.309 e. The molecule has 5 heteroatoms. The minimum absolute atomic E-state index is 0.150. The third-order valence-corrected chi connectivity index (χ3v) is 2.33. The molecule has 1 aliphatic heterocycles. The van der Waals surface area contributed by atoms with Gasteiger partial charge in [-0.2, -0.15) is 0 Å². The number of carbonyl (C=O) groups is 1. The molecule has 0 spiro atoms. The molecule has 4 nitrogen and oxygen atoms in total. The van der Waals surface area contributed by atoms with Crippen molar-refractivity contribution in [1.82, 2.24) is 0 Å². The topological polar surface area (TPSA) is 66.7 Å². The van der Waals surface area contributed by atoms with Crippen molar-refractivity contribution < 1.29 is 14.1 Å². The molecule has 0 bridgehead atoms. The number of nitrogens with zero attached hydrogens (tertiary/aromatic N) is 1. The average molecular weight is 173 g/mol. The molecule has 0 aliphatic carbocycles. The predicted molar refractivity (Wildman–Crippen MR) is 41.6 cm³/mol. The van der Waals surface area contributed by atoms with Gasteiger partial charge in [-0.15, -0.1) is 0 Å². The van der Waals surface area contributed by atoms with Crippen molar-refractivity contribution in [1.29, 1.82) is 0 Å². The molecule has 1 unspecified atom stereocenters. The molecule has 0 aromatic carbocycles. The van der Waals surface area contributed by atoms with E-state index < -0.39 is 16.8 Å². The van der Waals surface area contributed by atoms with Gasteiger partial charge >= 0.3 is 5.97 Å². The molecule has 1 aliphatic rings. The van der Waals surface area contributed by atoms with Gasteiger partial charge in [0.2, 0.25) is 0 Å². The fourth-order valence-corrected chi connectivity index (χ4v) is 1.48. The lowest BCUT2D eigenvalue weighted by molar-refractivity contribution is -0.136. The Balaban J connectivity index is 2.71. The van der Waals surface area contributed by atoms with Gasteiger partial charge < -0.3 is 5.11 Å². The first-order valence-corrected chi connectivity index (χ1v) is 4.19. The van der Waals surface area contributed by atoms with Crippen LogP contribution in [0.5, 0.6) is 0 Å². The zero-order valence-electron chi connectivity index (χ0n) is 5.90. The van der Waals surface area contributed by atoms with E-state index in [2.05, 4.69) is 4.99 Å². The van der Waals surface area contributed by atoms with Gasteiger partial charge in [-0.25, -0.2) is 9.20 Å². The summed E-state index contributed by atoms with van der Waals surface area (Å²) in [6, 6.07) is 0. The Hall–Kier alpha value is -0.970. The molecule has 0 aromatic heterocycles. The summed E-state index contributed by atoms with van der Waals surface area (Å²) in [4.78, 5) is 14.0. The third-order valence-electron chi connectivity index (χ3n) is 1.17. The predicted octanol–water partition coefficient (Wildman–Crippen LogP) is 0.483. The van der Waals surface area contributed by atoms with Crippen LogP contribution in [-0.2, 0) is 15.6 Å². The summed E-state index contributed by atoms with van der Waals surface area (Å²) in [5, 5.41) is 10.2. The molecule has 0 amide bonds. The molecule has 0 fully saturated rings. The molecule has 60 valence electrons. The quantitative estimate of drug-likeness (QED) is 0.660. The van der Waals surface area contributed by atoms with Crippen LogP contribution in [0.2, 0.25) is 0 Å². The Morgan fingerprint density at radius 1 is 1.82 bits per heavy atom. The second-order valence-electron chi connectivity index (χ2n) is 2.11. The van der Waals surface area contributed by atoms with Gasteiger partial charge in [0.05, 0.1) is 22.9 Å². The number of hydrogen-bond acceptors (Lipinski definition) is 3. The van der Waals surface area contributed by atoms with Gasteiger partial charge in [0.1, 0.15) is 5.04 Å². The summed E-state index contributed by atoms with van der Waals surface area (Å²) >= 11 is 0. The summed E-state index contributed by atoms with van der Waals surface area (Å²) in [6.07, 6.45) is -0.150. The highest BCUT2D eigenvalue weighted by Gasteiger charge is 2.13. The van der Waals surface area contributed by atoms with E-state index in [0.717, 1.165) is 0 Å². The minimum Gasteiger partial charge on any atom is -0.481 e. The lowest BCUT2D eigenvalue weighted by atomic mass is 10.3.